The maximum absolute atomic E-state index is 9.95. The molecule has 0 unspecified atom stereocenters. The number of allylic oxidation sites excluding steroid dienone is 6. The Kier molecular flexibility index (Phi) is 8.19. The van der Waals surface area contributed by atoms with E-state index in [1.165, 1.54) is 49.3 Å². The molecular formula is C31H46O2. The molecule has 3 rings (SSSR count). The Bertz CT molecular complexity index is 917. The van der Waals surface area contributed by atoms with E-state index in [2.05, 4.69) is 59.8 Å². The number of hydrogen-bond donors (Lipinski definition) is 2. The fraction of sp³-hybridized carbons (Fsp3) is 0.613. The molecule has 0 aromatic heterocycles. The van der Waals surface area contributed by atoms with E-state index in [1.54, 1.807) is 17.7 Å². The summed E-state index contributed by atoms with van der Waals surface area (Å²) in [4.78, 5) is 0. The van der Waals surface area contributed by atoms with E-state index >= 15 is 0 Å². The minimum Gasteiger partial charge on any atom is -0.508 e. The summed E-state index contributed by atoms with van der Waals surface area (Å²) in [5, 5.41) is 19.6. The number of fused-ring (bicyclic) bond motifs is 1. The molecule has 0 radical (unpaired) electrons. The zero-order valence-electron chi connectivity index (χ0n) is 21.9. The second-order valence-corrected chi connectivity index (χ2v) is 11.8. The van der Waals surface area contributed by atoms with Gasteiger partial charge in [0.15, 0.2) is 0 Å². The Balaban J connectivity index is 1.53. The highest BCUT2D eigenvalue weighted by Crippen LogP contribution is 2.60. The summed E-state index contributed by atoms with van der Waals surface area (Å²) in [5.74, 6) is 1.94. The van der Waals surface area contributed by atoms with Crippen molar-refractivity contribution in [1.82, 2.24) is 0 Å². The number of benzene rings is 1. The number of phenols is 2. The average molecular weight is 451 g/mol. The summed E-state index contributed by atoms with van der Waals surface area (Å²) >= 11 is 0. The molecule has 1 fully saturated rings. The van der Waals surface area contributed by atoms with Crippen LogP contribution in [0.4, 0.5) is 0 Å². The predicted octanol–water partition coefficient (Wildman–Crippen LogP) is 8.89. The molecule has 3 atom stereocenters. The summed E-state index contributed by atoms with van der Waals surface area (Å²) in [5.41, 5.74) is 6.15. The van der Waals surface area contributed by atoms with Crippen LogP contribution in [-0.4, -0.2) is 10.2 Å². The third-order valence-electron chi connectivity index (χ3n) is 8.87. The Hall–Kier alpha value is -1.96. The topological polar surface area (TPSA) is 40.5 Å². The molecule has 0 aliphatic heterocycles. The van der Waals surface area contributed by atoms with Gasteiger partial charge in [-0.15, -0.1) is 0 Å². The summed E-state index contributed by atoms with van der Waals surface area (Å²) < 4.78 is 0. The van der Waals surface area contributed by atoms with Gasteiger partial charge in [0.25, 0.3) is 0 Å². The van der Waals surface area contributed by atoms with Gasteiger partial charge in [0.05, 0.1) is 0 Å². The van der Waals surface area contributed by atoms with E-state index in [1.807, 2.05) is 0 Å². The molecule has 2 heteroatoms. The molecular weight excluding hydrogens is 404 g/mol. The summed E-state index contributed by atoms with van der Waals surface area (Å²) in [6.45, 7) is 14.4. The highest BCUT2D eigenvalue weighted by atomic mass is 16.3. The maximum atomic E-state index is 9.95. The minimum absolute atomic E-state index is 0.203. The van der Waals surface area contributed by atoms with Crippen molar-refractivity contribution in [2.24, 2.45) is 22.7 Å². The first kappa shape index (κ1) is 25.7. The summed E-state index contributed by atoms with van der Waals surface area (Å²) in [7, 11) is 0. The zero-order valence-corrected chi connectivity index (χ0v) is 21.9. The summed E-state index contributed by atoms with van der Waals surface area (Å²) in [6, 6.07) is 4.72. The van der Waals surface area contributed by atoms with Crippen LogP contribution >= 0.6 is 0 Å². The predicted molar refractivity (Wildman–Crippen MR) is 141 cm³/mol. The van der Waals surface area contributed by atoms with Crippen molar-refractivity contribution in [1.29, 1.82) is 0 Å². The van der Waals surface area contributed by atoms with Gasteiger partial charge in [0, 0.05) is 5.56 Å². The first-order valence-electron chi connectivity index (χ1n) is 13.0. The Labute approximate surface area is 202 Å². The molecule has 1 aromatic rings. The zero-order chi connectivity index (χ0) is 24.2. The molecule has 33 heavy (non-hydrogen) atoms. The molecule has 0 spiro atoms. The van der Waals surface area contributed by atoms with Gasteiger partial charge in [0.2, 0.25) is 0 Å². The molecule has 0 saturated heterocycles. The van der Waals surface area contributed by atoms with Gasteiger partial charge in [0.1, 0.15) is 11.5 Å². The first-order valence-corrected chi connectivity index (χ1v) is 13.0. The number of hydrogen-bond acceptors (Lipinski definition) is 2. The lowest BCUT2D eigenvalue weighted by Gasteiger charge is -2.56. The second-order valence-electron chi connectivity index (χ2n) is 11.8. The molecule has 2 nitrogen and oxygen atoms in total. The van der Waals surface area contributed by atoms with E-state index in [0.29, 0.717) is 23.2 Å². The average Bonchev–Trinajstić information content (AvgIpc) is 2.73. The van der Waals surface area contributed by atoms with Crippen molar-refractivity contribution in [3.05, 3.63) is 58.7 Å². The van der Waals surface area contributed by atoms with Crippen molar-refractivity contribution < 1.29 is 10.2 Å². The van der Waals surface area contributed by atoms with Crippen LogP contribution in [0.25, 0.3) is 0 Å². The van der Waals surface area contributed by atoms with Crippen LogP contribution in [0.3, 0.4) is 0 Å². The summed E-state index contributed by atoms with van der Waals surface area (Å²) in [6.07, 6.45) is 17.9. The van der Waals surface area contributed by atoms with Gasteiger partial charge >= 0.3 is 0 Å². The van der Waals surface area contributed by atoms with Gasteiger partial charge in [-0.05, 0) is 113 Å². The third-order valence-corrected chi connectivity index (χ3v) is 8.87. The molecule has 2 aliphatic carbocycles. The van der Waals surface area contributed by atoms with E-state index < -0.39 is 0 Å². The van der Waals surface area contributed by atoms with E-state index in [0.717, 1.165) is 30.7 Å². The largest absolute Gasteiger partial charge is 0.508 e. The highest BCUT2D eigenvalue weighted by molar-refractivity contribution is 5.39. The van der Waals surface area contributed by atoms with Crippen molar-refractivity contribution in [2.45, 2.75) is 99.3 Å². The van der Waals surface area contributed by atoms with Crippen LogP contribution in [-0.2, 0) is 6.42 Å². The van der Waals surface area contributed by atoms with E-state index in [9.17, 15) is 10.2 Å². The normalized spacial score (nSPS) is 27.8. The van der Waals surface area contributed by atoms with Gasteiger partial charge in [-0.1, -0.05) is 62.1 Å². The molecule has 2 N–H and O–H groups in total. The Morgan fingerprint density at radius 3 is 2.45 bits per heavy atom. The maximum Gasteiger partial charge on any atom is 0.119 e. The molecule has 1 aromatic carbocycles. The van der Waals surface area contributed by atoms with Gasteiger partial charge < -0.3 is 10.2 Å². The quantitative estimate of drug-likeness (QED) is 0.306. The van der Waals surface area contributed by atoms with Gasteiger partial charge in [-0.2, -0.15) is 0 Å². The molecule has 2 aliphatic rings. The van der Waals surface area contributed by atoms with E-state index in [4.69, 9.17) is 0 Å². The van der Waals surface area contributed by atoms with Crippen molar-refractivity contribution >= 4 is 0 Å². The van der Waals surface area contributed by atoms with Crippen molar-refractivity contribution in [2.75, 3.05) is 0 Å². The van der Waals surface area contributed by atoms with Crippen LogP contribution in [0.1, 0.15) is 98.5 Å². The van der Waals surface area contributed by atoms with Crippen LogP contribution in [0.2, 0.25) is 0 Å². The fourth-order valence-electron chi connectivity index (χ4n) is 6.78. The Morgan fingerprint density at radius 1 is 1.03 bits per heavy atom. The molecule has 0 amide bonds. The monoisotopic (exact) mass is 450 g/mol. The standard InChI is InChI=1S/C31H46O2/c1-22(11-14-25-21-26(32)15-17-28(25)33)9-7-10-23(2)12-16-27-24(3)13-18-29-30(4,5)19-8-20-31(27,29)6/h11-13,15,17,21,27,29,32-33H,7-10,14,16,18-20H2,1-6H3/b22-11+,23-12-/t27-,29-,31+/m0/s1. The minimum atomic E-state index is 0.203. The number of rotatable bonds is 8. The lowest BCUT2D eigenvalue weighted by molar-refractivity contribution is -0.0361. The Morgan fingerprint density at radius 2 is 1.73 bits per heavy atom. The van der Waals surface area contributed by atoms with Gasteiger partial charge in [-0.25, -0.2) is 0 Å². The smallest absolute Gasteiger partial charge is 0.119 e. The lowest BCUT2D eigenvalue weighted by Crippen LogP contribution is -2.48. The number of aromatic hydroxyl groups is 2. The highest BCUT2D eigenvalue weighted by Gasteiger charge is 2.51. The van der Waals surface area contributed by atoms with E-state index in [-0.39, 0.29) is 11.5 Å². The van der Waals surface area contributed by atoms with Crippen LogP contribution in [0.15, 0.2) is 53.1 Å². The molecule has 182 valence electrons. The third kappa shape index (κ3) is 6.14. The number of phenolic OH excluding ortho intramolecular Hbond substituents is 2. The van der Waals surface area contributed by atoms with Crippen molar-refractivity contribution in [3.8, 4) is 11.5 Å². The van der Waals surface area contributed by atoms with Gasteiger partial charge in [-0.3, -0.25) is 0 Å². The fourth-order valence-corrected chi connectivity index (χ4v) is 6.78. The van der Waals surface area contributed by atoms with Crippen LogP contribution < -0.4 is 0 Å². The van der Waals surface area contributed by atoms with Crippen molar-refractivity contribution in [3.63, 3.8) is 0 Å². The molecule has 0 bridgehead atoms. The lowest BCUT2D eigenvalue weighted by atomic mass is 9.48. The second kappa shape index (κ2) is 10.5. The molecule has 0 heterocycles. The van der Waals surface area contributed by atoms with Crippen LogP contribution in [0.5, 0.6) is 11.5 Å². The van der Waals surface area contributed by atoms with Crippen LogP contribution in [0, 0.1) is 22.7 Å². The molecule has 1 saturated carbocycles. The SMILES string of the molecule is CC1=CC[C@H]2C(C)(C)CCC[C@]2(C)[C@H]1C/C=C(/C)CCC/C(C)=C/Cc1cc(O)ccc1O. The first-order chi connectivity index (χ1) is 15.5.